The molecule has 200 valence electrons. The molecule has 1 saturated heterocycles. The van der Waals surface area contributed by atoms with Gasteiger partial charge < -0.3 is 29.7 Å². The van der Waals surface area contributed by atoms with E-state index in [0.29, 0.717) is 19.7 Å². The van der Waals surface area contributed by atoms with Gasteiger partial charge in [0.1, 0.15) is 12.6 Å². The lowest BCUT2D eigenvalue weighted by Gasteiger charge is -2.36. The van der Waals surface area contributed by atoms with E-state index in [1.165, 1.54) is 44.1 Å². The number of nitrogens with one attached hydrogen (secondary N) is 2. The van der Waals surface area contributed by atoms with Crippen LogP contribution in [0, 0.1) is 0 Å². The first-order valence-electron chi connectivity index (χ1n) is 12.6. The van der Waals surface area contributed by atoms with Gasteiger partial charge in [-0.3, -0.25) is 19.2 Å². The molecular weight excluding hydrogens is 474 g/mol. The minimum Gasteiger partial charge on any atom is -0.466 e. The van der Waals surface area contributed by atoms with E-state index in [9.17, 15) is 19.2 Å². The Hall–Kier alpha value is -2.27. The van der Waals surface area contributed by atoms with Crippen LogP contribution in [0.5, 0.6) is 0 Å². The van der Waals surface area contributed by atoms with Gasteiger partial charge in [0.05, 0.1) is 26.1 Å². The van der Waals surface area contributed by atoms with Gasteiger partial charge >= 0.3 is 11.9 Å². The van der Waals surface area contributed by atoms with Crippen molar-refractivity contribution in [3.05, 3.63) is 0 Å². The van der Waals surface area contributed by atoms with Crippen LogP contribution in [0.4, 0.5) is 0 Å². The van der Waals surface area contributed by atoms with Gasteiger partial charge in [0.25, 0.3) is 0 Å². The second kappa shape index (κ2) is 19.0. The average molecular weight is 516 g/mol. The van der Waals surface area contributed by atoms with E-state index in [4.69, 9.17) is 26.4 Å². The fourth-order valence-corrected chi connectivity index (χ4v) is 3.91. The summed E-state index contributed by atoms with van der Waals surface area (Å²) in [6, 6.07) is -0.860. The fourth-order valence-electron chi connectivity index (χ4n) is 3.58. The van der Waals surface area contributed by atoms with Crippen LogP contribution in [0.1, 0.15) is 77.6 Å². The van der Waals surface area contributed by atoms with Crippen LogP contribution in [-0.4, -0.2) is 79.8 Å². The highest BCUT2D eigenvalue weighted by molar-refractivity contribution is 7.80. The molecule has 0 aromatic heterocycles. The van der Waals surface area contributed by atoms with Gasteiger partial charge in [0.15, 0.2) is 5.11 Å². The number of unbranched alkanes of at least 4 members (excludes halogenated alkanes) is 7. The predicted octanol–water partition coefficient (Wildman–Crippen LogP) is 2.23. The van der Waals surface area contributed by atoms with Crippen molar-refractivity contribution < 1.29 is 33.4 Å². The van der Waals surface area contributed by atoms with Crippen molar-refractivity contribution in [2.75, 3.05) is 40.0 Å². The number of amides is 2. The van der Waals surface area contributed by atoms with Crippen LogP contribution >= 0.6 is 12.2 Å². The number of ether oxygens (including phenoxy) is 3. The minimum atomic E-state index is -0.860. The third kappa shape index (κ3) is 14.0. The summed E-state index contributed by atoms with van der Waals surface area (Å²) in [4.78, 5) is 50.0. The number of esters is 2. The predicted molar refractivity (Wildman–Crippen MR) is 134 cm³/mol. The Labute approximate surface area is 213 Å². The van der Waals surface area contributed by atoms with Crippen molar-refractivity contribution in [3.63, 3.8) is 0 Å². The molecule has 10 nitrogen and oxygen atoms in total. The molecule has 1 unspecified atom stereocenters. The lowest BCUT2D eigenvalue weighted by atomic mass is 10.1. The molecule has 1 rings (SSSR count). The molecule has 0 spiro atoms. The van der Waals surface area contributed by atoms with Gasteiger partial charge in [-0.05, 0) is 18.6 Å². The number of carbonyl (C=O) groups excluding carboxylic acids is 4. The van der Waals surface area contributed by atoms with E-state index >= 15 is 0 Å². The quantitative estimate of drug-likeness (QED) is 0.170. The molecule has 0 saturated carbocycles. The Kier molecular flexibility index (Phi) is 16.7. The molecule has 0 radical (unpaired) electrons. The SMILES string of the molecule is CCCCCCCCCCOC(=O)CC1C(=O)NCCN1C(=S)NC(=O)CCC(=O)OCCOC. The summed E-state index contributed by atoms with van der Waals surface area (Å²) in [7, 11) is 1.49. The van der Waals surface area contributed by atoms with Gasteiger partial charge in [-0.1, -0.05) is 51.9 Å². The van der Waals surface area contributed by atoms with E-state index in [1.54, 1.807) is 0 Å². The van der Waals surface area contributed by atoms with Crippen molar-refractivity contribution in [2.24, 2.45) is 0 Å². The van der Waals surface area contributed by atoms with Gasteiger partial charge in [0, 0.05) is 26.6 Å². The van der Waals surface area contributed by atoms with Crippen LogP contribution in [0.25, 0.3) is 0 Å². The molecule has 0 aromatic carbocycles. The monoisotopic (exact) mass is 515 g/mol. The van der Waals surface area contributed by atoms with Crippen molar-refractivity contribution in [2.45, 2.75) is 83.6 Å². The normalized spacial score (nSPS) is 15.3. The number of thiocarbonyl (C=S) groups is 1. The Balaban J connectivity index is 2.37. The number of rotatable bonds is 17. The first kappa shape index (κ1) is 30.8. The topological polar surface area (TPSA) is 123 Å². The minimum absolute atomic E-state index is 0.0403. The van der Waals surface area contributed by atoms with E-state index in [0.717, 1.165) is 19.3 Å². The zero-order chi connectivity index (χ0) is 25.9. The third-order valence-electron chi connectivity index (χ3n) is 5.57. The van der Waals surface area contributed by atoms with E-state index in [-0.39, 0.29) is 43.5 Å². The summed E-state index contributed by atoms with van der Waals surface area (Å²) in [5.41, 5.74) is 0. The van der Waals surface area contributed by atoms with Crippen LogP contribution in [0.15, 0.2) is 0 Å². The third-order valence-corrected chi connectivity index (χ3v) is 5.90. The Morgan fingerprint density at radius 2 is 1.63 bits per heavy atom. The average Bonchev–Trinajstić information content (AvgIpc) is 2.83. The summed E-state index contributed by atoms with van der Waals surface area (Å²) in [5, 5.41) is 5.29. The highest BCUT2D eigenvalue weighted by Gasteiger charge is 2.34. The molecular formula is C24H41N3O7S. The van der Waals surface area contributed by atoms with Gasteiger partial charge in [0.2, 0.25) is 11.8 Å². The maximum atomic E-state index is 12.4. The molecule has 1 atom stereocenters. The van der Waals surface area contributed by atoms with Gasteiger partial charge in [-0.15, -0.1) is 0 Å². The lowest BCUT2D eigenvalue weighted by Crippen LogP contribution is -2.60. The van der Waals surface area contributed by atoms with E-state index in [1.807, 2.05) is 0 Å². The summed E-state index contributed by atoms with van der Waals surface area (Å²) < 4.78 is 15.0. The Morgan fingerprint density at radius 1 is 0.971 bits per heavy atom. The molecule has 35 heavy (non-hydrogen) atoms. The zero-order valence-electron chi connectivity index (χ0n) is 21.1. The molecule has 11 heteroatoms. The van der Waals surface area contributed by atoms with Crippen LogP contribution in [0.3, 0.4) is 0 Å². The van der Waals surface area contributed by atoms with E-state index < -0.39 is 23.9 Å². The molecule has 1 aliphatic heterocycles. The van der Waals surface area contributed by atoms with Crippen molar-refractivity contribution in [1.82, 2.24) is 15.5 Å². The highest BCUT2D eigenvalue weighted by atomic mass is 32.1. The molecule has 2 amide bonds. The molecule has 0 aliphatic carbocycles. The number of methoxy groups -OCH3 is 1. The molecule has 1 fully saturated rings. The van der Waals surface area contributed by atoms with E-state index in [2.05, 4.69) is 17.6 Å². The van der Waals surface area contributed by atoms with Gasteiger partial charge in [-0.2, -0.15) is 0 Å². The van der Waals surface area contributed by atoms with Crippen LogP contribution in [-0.2, 0) is 33.4 Å². The maximum absolute atomic E-state index is 12.4. The maximum Gasteiger partial charge on any atom is 0.308 e. The Bertz CT molecular complexity index is 690. The molecule has 1 aliphatic rings. The summed E-state index contributed by atoms with van der Waals surface area (Å²) in [6.45, 7) is 3.60. The number of hydrogen-bond donors (Lipinski definition) is 2. The largest absolute Gasteiger partial charge is 0.466 e. The molecule has 0 aromatic rings. The lowest BCUT2D eigenvalue weighted by molar-refractivity contribution is -0.147. The zero-order valence-corrected chi connectivity index (χ0v) is 21.9. The molecule has 0 bridgehead atoms. The number of nitrogens with zero attached hydrogens (tertiary/aromatic N) is 1. The number of hydrogen-bond acceptors (Lipinski definition) is 8. The highest BCUT2D eigenvalue weighted by Crippen LogP contribution is 2.12. The van der Waals surface area contributed by atoms with Crippen molar-refractivity contribution in [3.8, 4) is 0 Å². The second-order valence-electron chi connectivity index (χ2n) is 8.47. The fraction of sp³-hybridized carbons (Fsp3) is 0.792. The first-order valence-corrected chi connectivity index (χ1v) is 13.0. The van der Waals surface area contributed by atoms with Gasteiger partial charge in [-0.25, -0.2) is 0 Å². The van der Waals surface area contributed by atoms with Crippen LogP contribution < -0.4 is 10.6 Å². The van der Waals surface area contributed by atoms with Crippen LogP contribution in [0.2, 0.25) is 0 Å². The second-order valence-corrected chi connectivity index (χ2v) is 8.85. The number of carbonyl (C=O) groups is 4. The summed E-state index contributed by atoms with van der Waals surface area (Å²) >= 11 is 5.30. The standard InChI is InChI=1S/C24H41N3O7S/c1-3-4-5-6-7-8-9-10-15-33-22(30)18-19-23(31)25-13-14-27(19)24(35)26-20(28)11-12-21(29)34-17-16-32-2/h19H,3-18H2,1-2H3,(H,25,31)(H,26,28,35). The van der Waals surface area contributed by atoms with Crippen molar-refractivity contribution in [1.29, 1.82) is 0 Å². The first-order chi connectivity index (χ1) is 16.9. The molecule has 1 heterocycles. The Morgan fingerprint density at radius 3 is 2.31 bits per heavy atom. The smallest absolute Gasteiger partial charge is 0.308 e. The number of piperazine rings is 1. The van der Waals surface area contributed by atoms with Crippen molar-refractivity contribution >= 4 is 41.1 Å². The summed E-state index contributed by atoms with van der Waals surface area (Å²) in [5.74, 6) is -1.81. The molecule has 2 N–H and O–H groups in total. The summed E-state index contributed by atoms with van der Waals surface area (Å²) in [6.07, 6.45) is 8.77.